The second-order valence-electron chi connectivity index (χ2n) is 6.27. The number of hydrogen-bond acceptors (Lipinski definition) is 3. The minimum atomic E-state index is -1.10. The average molecular weight is 345 g/mol. The van der Waals surface area contributed by atoms with Gasteiger partial charge in [-0.05, 0) is 42.9 Å². The fourth-order valence-electron chi connectivity index (χ4n) is 3.28. The van der Waals surface area contributed by atoms with Gasteiger partial charge in [0.2, 0.25) is 5.91 Å². The molecule has 0 aliphatic carbocycles. The molecule has 1 N–H and O–H groups in total. The second kappa shape index (κ2) is 7.46. The van der Waals surface area contributed by atoms with E-state index in [1.54, 1.807) is 4.90 Å². The van der Waals surface area contributed by atoms with E-state index in [1.807, 2.05) is 12.1 Å². The molecule has 2 aromatic rings. The number of carbonyl (C=O) groups excluding carboxylic acids is 1. The second-order valence-corrected chi connectivity index (χ2v) is 6.27. The standard InChI is InChI=1S/C18H20FN3O3/c19-15-5-3-14(4-6-15)13-2-1-8-21(9-7-13)17(23)11-22-12-20-10-16(22)18(24)25/h3-6,10,12-13H,1-2,7-9,11H2,(H,24,25). The minimum absolute atomic E-state index is 0.00682. The Morgan fingerprint density at radius 2 is 1.96 bits per heavy atom. The van der Waals surface area contributed by atoms with Crippen LogP contribution < -0.4 is 0 Å². The zero-order valence-electron chi connectivity index (χ0n) is 13.8. The molecule has 1 amide bonds. The monoisotopic (exact) mass is 345 g/mol. The van der Waals surface area contributed by atoms with Crippen molar-refractivity contribution < 1.29 is 19.1 Å². The van der Waals surface area contributed by atoms with Crippen LogP contribution in [0.3, 0.4) is 0 Å². The van der Waals surface area contributed by atoms with E-state index in [9.17, 15) is 14.0 Å². The van der Waals surface area contributed by atoms with Gasteiger partial charge in [0.15, 0.2) is 0 Å². The first-order valence-corrected chi connectivity index (χ1v) is 8.31. The summed E-state index contributed by atoms with van der Waals surface area (Å²) >= 11 is 0. The Hall–Kier alpha value is -2.70. The highest BCUT2D eigenvalue weighted by molar-refractivity contribution is 5.86. The highest BCUT2D eigenvalue weighted by atomic mass is 19.1. The zero-order chi connectivity index (χ0) is 17.8. The van der Waals surface area contributed by atoms with Crippen LogP contribution in [0.2, 0.25) is 0 Å². The minimum Gasteiger partial charge on any atom is -0.477 e. The average Bonchev–Trinajstić information content (AvgIpc) is 2.91. The largest absolute Gasteiger partial charge is 0.477 e. The molecular formula is C18H20FN3O3. The number of carbonyl (C=O) groups is 2. The molecule has 1 aliphatic rings. The first-order valence-electron chi connectivity index (χ1n) is 8.31. The summed E-state index contributed by atoms with van der Waals surface area (Å²) in [6, 6.07) is 6.55. The molecule has 25 heavy (non-hydrogen) atoms. The van der Waals surface area contributed by atoms with E-state index >= 15 is 0 Å². The number of nitrogens with zero attached hydrogens (tertiary/aromatic N) is 3. The summed E-state index contributed by atoms with van der Waals surface area (Å²) < 4.78 is 14.4. The lowest BCUT2D eigenvalue weighted by Gasteiger charge is -2.21. The van der Waals surface area contributed by atoms with Crippen LogP contribution in [0, 0.1) is 5.82 Å². The van der Waals surface area contributed by atoms with Gasteiger partial charge in [0.1, 0.15) is 18.1 Å². The predicted octanol–water partition coefficient (Wildman–Crippen LogP) is 2.52. The highest BCUT2D eigenvalue weighted by Crippen LogP contribution is 2.28. The fraction of sp³-hybridized carbons (Fsp3) is 0.389. The van der Waals surface area contributed by atoms with E-state index in [2.05, 4.69) is 4.98 Å². The molecule has 0 saturated carbocycles. The van der Waals surface area contributed by atoms with Crippen LogP contribution in [0.15, 0.2) is 36.8 Å². The number of carboxylic acid groups (broad SMARTS) is 1. The number of halogens is 1. The van der Waals surface area contributed by atoms with Crippen molar-refractivity contribution in [2.24, 2.45) is 0 Å². The Bertz CT molecular complexity index is 757. The molecule has 1 aromatic carbocycles. The number of hydrogen-bond donors (Lipinski definition) is 1. The number of benzene rings is 1. The lowest BCUT2D eigenvalue weighted by Crippen LogP contribution is -2.35. The quantitative estimate of drug-likeness (QED) is 0.924. The Labute approximate surface area is 144 Å². The molecule has 6 nitrogen and oxygen atoms in total. The molecule has 0 bridgehead atoms. The molecular weight excluding hydrogens is 325 g/mol. The van der Waals surface area contributed by atoms with Gasteiger partial charge in [-0.15, -0.1) is 0 Å². The first-order chi connectivity index (χ1) is 12.0. The molecule has 1 fully saturated rings. The maximum Gasteiger partial charge on any atom is 0.354 e. The number of carboxylic acids is 1. The molecule has 3 rings (SSSR count). The summed E-state index contributed by atoms with van der Waals surface area (Å²) in [5.74, 6) is -1.15. The van der Waals surface area contributed by atoms with Crippen LogP contribution in [-0.2, 0) is 11.3 Å². The van der Waals surface area contributed by atoms with Crippen molar-refractivity contribution in [2.45, 2.75) is 31.7 Å². The van der Waals surface area contributed by atoms with Crippen LogP contribution in [0.1, 0.15) is 41.2 Å². The molecule has 1 aromatic heterocycles. The van der Waals surface area contributed by atoms with Crippen molar-refractivity contribution in [3.05, 3.63) is 53.9 Å². The van der Waals surface area contributed by atoms with Crippen molar-refractivity contribution in [1.29, 1.82) is 0 Å². The van der Waals surface area contributed by atoms with E-state index in [-0.39, 0.29) is 24.0 Å². The Morgan fingerprint density at radius 3 is 2.68 bits per heavy atom. The summed E-state index contributed by atoms with van der Waals surface area (Å²) in [4.78, 5) is 29.2. The molecule has 1 saturated heterocycles. The molecule has 2 heterocycles. The summed E-state index contributed by atoms with van der Waals surface area (Å²) in [5.41, 5.74) is 1.10. The van der Waals surface area contributed by atoms with Crippen molar-refractivity contribution in [3.63, 3.8) is 0 Å². The topological polar surface area (TPSA) is 75.4 Å². The third-order valence-electron chi connectivity index (χ3n) is 4.66. The highest BCUT2D eigenvalue weighted by Gasteiger charge is 2.23. The van der Waals surface area contributed by atoms with Gasteiger partial charge in [-0.1, -0.05) is 12.1 Å². The van der Waals surface area contributed by atoms with Gasteiger partial charge < -0.3 is 14.6 Å². The predicted molar refractivity (Wildman–Crippen MR) is 88.8 cm³/mol. The lowest BCUT2D eigenvalue weighted by atomic mass is 9.92. The molecule has 0 spiro atoms. The molecule has 1 atom stereocenters. The van der Waals surface area contributed by atoms with Gasteiger partial charge in [0, 0.05) is 13.1 Å². The lowest BCUT2D eigenvalue weighted by molar-refractivity contribution is -0.131. The molecule has 1 aliphatic heterocycles. The number of aromatic nitrogens is 2. The third-order valence-corrected chi connectivity index (χ3v) is 4.66. The summed E-state index contributed by atoms with van der Waals surface area (Å²) in [5, 5.41) is 9.09. The smallest absolute Gasteiger partial charge is 0.354 e. The molecule has 0 radical (unpaired) electrons. The van der Waals surface area contributed by atoms with Crippen LogP contribution in [0.5, 0.6) is 0 Å². The maximum absolute atomic E-state index is 13.1. The van der Waals surface area contributed by atoms with Gasteiger partial charge in [0.05, 0.1) is 12.5 Å². The van der Waals surface area contributed by atoms with Crippen molar-refractivity contribution in [3.8, 4) is 0 Å². The number of aromatic carboxylic acids is 1. The number of rotatable bonds is 4. The Kier molecular flexibility index (Phi) is 5.11. The van der Waals surface area contributed by atoms with Gasteiger partial charge in [0.25, 0.3) is 0 Å². The Morgan fingerprint density at radius 1 is 1.20 bits per heavy atom. The number of likely N-dealkylation sites (tertiary alicyclic amines) is 1. The van der Waals surface area contributed by atoms with E-state index < -0.39 is 5.97 Å². The van der Waals surface area contributed by atoms with Gasteiger partial charge in [-0.2, -0.15) is 0 Å². The van der Waals surface area contributed by atoms with Gasteiger partial charge >= 0.3 is 5.97 Å². The fourth-order valence-corrected chi connectivity index (χ4v) is 3.28. The Balaban J connectivity index is 1.62. The van der Waals surface area contributed by atoms with Crippen molar-refractivity contribution in [2.75, 3.05) is 13.1 Å². The molecule has 7 heteroatoms. The van der Waals surface area contributed by atoms with Crippen LogP contribution in [0.4, 0.5) is 4.39 Å². The number of imidazole rings is 1. The molecule has 132 valence electrons. The van der Waals surface area contributed by atoms with E-state index in [1.165, 1.54) is 29.2 Å². The van der Waals surface area contributed by atoms with E-state index in [4.69, 9.17) is 5.11 Å². The van der Waals surface area contributed by atoms with Crippen LogP contribution in [0.25, 0.3) is 0 Å². The van der Waals surface area contributed by atoms with Crippen LogP contribution in [-0.4, -0.2) is 44.5 Å². The normalized spacial score (nSPS) is 18.0. The van der Waals surface area contributed by atoms with Gasteiger partial charge in [-0.25, -0.2) is 14.2 Å². The van der Waals surface area contributed by atoms with Gasteiger partial charge in [-0.3, -0.25) is 4.79 Å². The number of amides is 1. The summed E-state index contributed by atoms with van der Waals surface area (Å²) in [6.45, 7) is 1.23. The summed E-state index contributed by atoms with van der Waals surface area (Å²) in [7, 11) is 0. The third kappa shape index (κ3) is 4.04. The van der Waals surface area contributed by atoms with E-state index in [0.717, 1.165) is 24.8 Å². The van der Waals surface area contributed by atoms with Crippen LogP contribution >= 0.6 is 0 Å². The van der Waals surface area contributed by atoms with E-state index in [0.29, 0.717) is 19.0 Å². The van der Waals surface area contributed by atoms with Crippen molar-refractivity contribution >= 4 is 11.9 Å². The maximum atomic E-state index is 13.1. The SMILES string of the molecule is O=C(O)c1cncn1CC(=O)N1CCCC(c2ccc(F)cc2)CC1. The summed E-state index contributed by atoms with van der Waals surface area (Å²) in [6.07, 6.45) is 5.22. The zero-order valence-corrected chi connectivity index (χ0v) is 13.8. The van der Waals surface area contributed by atoms with Crippen molar-refractivity contribution in [1.82, 2.24) is 14.5 Å². The first kappa shape index (κ1) is 17.1. The molecule has 1 unspecified atom stereocenters.